The van der Waals surface area contributed by atoms with E-state index in [0.717, 1.165) is 0 Å². The molecule has 1 fully saturated rings. The maximum atomic E-state index is 12.1. The molecule has 7 nitrogen and oxygen atoms in total. The van der Waals surface area contributed by atoms with Gasteiger partial charge in [-0.1, -0.05) is 6.07 Å². The van der Waals surface area contributed by atoms with Gasteiger partial charge in [0.25, 0.3) is 0 Å². The number of benzene rings is 1. The molecular weight excluding hydrogens is 272 g/mol. The van der Waals surface area contributed by atoms with Crippen LogP contribution in [0.4, 0.5) is 11.4 Å². The minimum Gasteiger partial charge on any atom is -0.399 e. The number of carbonyl (C=O) groups is 3. The van der Waals surface area contributed by atoms with Crippen molar-refractivity contribution in [3.8, 4) is 0 Å². The molecule has 1 aromatic rings. The Labute approximate surface area is 122 Å². The number of carbonyl (C=O) groups excluding carboxylic acids is 3. The lowest BCUT2D eigenvalue weighted by Crippen LogP contribution is -2.65. The number of nitrogens with zero attached hydrogens (tertiary/aromatic N) is 1. The first-order chi connectivity index (χ1) is 9.79. The van der Waals surface area contributed by atoms with Crippen LogP contribution >= 0.6 is 0 Å². The third-order valence-corrected chi connectivity index (χ3v) is 3.44. The standard InChI is InChI=1S/C14H18N4O3/c1-14(2)13(21)17-12(20)8-18(14)7-11(19)16-10-5-3-4-9(15)6-10/h3-6H,7-8,15H2,1-2H3,(H,16,19)(H,17,20,21). The zero-order valence-electron chi connectivity index (χ0n) is 12.0. The lowest BCUT2D eigenvalue weighted by Gasteiger charge is -2.39. The second kappa shape index (κ2) is 5.53. The first kappa shape index (κ1) is 15.0. The number of rotatable bonds is 3. The molecule has 1 saturated heterocycles. The van der Waals surface area contributed by atoms with Gasteiger partial charge in [-0.25, -0.2) is 0 Å². The summed E-state index contributed by atoms with van der Waals surface area (Å²) in [5, 5.41) is 4.96. The molecule has 112 valence electrons. The smallest absolute Gasteiger partial charge is 0.246 e. The highest BCUT2D eigenvalue weighted by molar-refractivity contribution is 6.04. The van der Waals surface area contributed by atoms with E-state index in [1.54, 1.807) is 38.1 Å². The van der Waals surface area contributed by atoms with Gasteiger partial charge in [-0.15, -0.1) is 0 Å². The molecule has 0 spiro atoms. The van der Waals surface area contributed by atoms with E-state index in [4.69, 9.17) is 5.73 Å². The summed E-state index contributed by atoms with van der Waals surface area (Å²) in [7, 11) is 0. The molecule has 1 heterocycles. The average molecular weight is 290 g/mol. The van der Waals surface area contributed by atoms with Gasteiger partial charge in [0.05, 0.1) is 18.6 Å². The van der Waals surface area contributed by atoms with Crippen LogP contribution in [0.2, 0.25) is 0 Å². The van der Waals surface area contributed by atoms with Gasteiger partial charge in [0.2, 0.25) is 17.7 Å². The molecular formula is C14H18N4O3. The molecule has 1 aromatic carbocycles. The van der Waals surface area contributed by atoms with E-state index in [-0.39, 0.29) is 19.0 Å². The third kappa shape index (κ3) is 3.38. The van der Waals surface area contributed by atoms with Crippen molar-refractivity contribution < 1.29 is 14.4 Å². The van der Waals surface area contributed by atoms with Crippen molar-refractivity contribution in [3.63, 3.8) is 0 Å². The Morgan fingerprint density at radius 3 is 2.81 bits per heavy atom. The van der Waals surface area contributed by atoms with Crippen LogP contribution in [0.25, 0.3) is 0 Å². The van der Waals surface area contributed by atoms with E-state index in [1.807, 2.05) is 0 Å². The maximum Gasteiger partial charge on any atom is 0.246 e. The summed E-state index contributed by atoms with van der Waals surface area (Å²) in [5.74, 6) is -1.12. The summed E-state index contributed by atoms with van der Waals surface area (Å²) >= 11 is 0. The monoisotopic (exact) mass is 290 g/mol. The van der Waals surface area contributed by atoms with Gasteiger partial charge >= 0.3 is 0 Å². The number of anilines is 2. The largest absolute Gasteiger partial charge is 0.399 e. The molecule has 0 radical (unpaired) electrons. The predicted molar refractivity (Wildman–Crippen MR) is 78.3 cm³/mol. The fraction of sp³-hybridized carbons (Fsp3) is 0.357. The summed E-state index contributed by atoms with van der Waals surface area (Å²) in [4.78, 5) is 36.8. The topological polar surface area (TPSA) is 105 Å². The molecule has 0 atom stereocenters. The van der Waals surface area contributed by atoms with E-state index in [2.05, 4.69) is 10.6 Å². The van der Waals surface area contributed by atoms with Crippen LogP contribution in [0.1, 0.15) is 13.8 Å². The van der Waals surface area contributed by atoms with E-state index >= 15 is 0 Å². The number of imide groups is 1. The van der Waals surface area contributed by atoms with Crippen LogP contribution in [-0.4, -0.2) is 41.2 Å². The van der Waals surface area contributed by atoms with Crippen LogP contribution in [0.15, 0.2) is 24.3 Å². The second-order valence-electron chi connectivity index (χ2n) is 5.47. The van der Waals surface area contributed by atoms with Gasteiger partial charge < -0.3 is 11.1 Å². The molecule has 1 aliphatic heterocycles. The number of amides is 3. The first-order valence-corrected chi connectivity index (χ1v) is 6.54. The highest BCUT2D eigenvalue weighted by Gasteiger charge is 2.41. The fourth-order valence-electron chi connectivity index (χ4n) is 2.08. The number of piperazine rings is 1. The summed E-state index contributed by atoms with van der Waals surface area (Å²) < 4.78 is 0. The molecule has 1 aliphatic rings. The van der Waals surface area contributed by atoms with E-state index < -0.39 is 17.4 Å². The second-order valence-corrected chi connectivity index (χ2v) is 5.47. The van der Waals surface area contributed by atoms with Crippen molar-refractivity contribution in [2.75, 3.05) is 24.1 Å². The minimum atomic E-state index is -0.916. The number of hydrogen-bond donors (Lipinski definition) is 3. The van der Waals surface area contributed by atoms with Crippen molar-refractivity contribution in [1.29, 1.82) is 0 Å². The van der Waals surface area contributed by atoms with Crippen LogP contribution in [0, 0.1) is 0 Å². The van der Waals surface area contributed by atoms with Gasteiger partial charge in [0, 0.05) is 11.4 Å². The van der Waals surface area contributed by atoms with Gasteiger partial charge in [0.1, 0.15) is 0 Å². The van der Waals surface area contributed by atoms with Gasteiger partial charge in [0.15, 0.2) is 0 Å². The van der Waals surface area contributed by atoms with Crippen LogP contribution in [0.3, 0.4) is 0 Å². The molecule has 0 bridgehead atoms. The number of nitrogen functional groups attached to an aromatic ring is 1. The fourth-order valence-corrected chi connectivity index (χ4v) is 2.08. The molecule has 0 unspecified atom stereocenters. The summed E-state index contributed by atoms with van der Waals surface area (Å²) in [6, 6.07) is 6.80. The van der Waals surface area contributed by atoms with Gasteiger partial charge in [-0.3, -0.25) is 24.6 Å². The summed E-state index contributed by atoms with van der Waals surface area (Å²) in [6.07, 6.45) is 0. The highest BCUT2D eigenvalue weighted by atomic mass is 16.2. The molecule has 21 heavy (non-hydrogen) atoms. The van der Waals surface area contributed by atoms with E-state index in [9.17, 15) is 14.4 Å². The molecule has 0 saturated carbocycles. The van der Waals surface area contributed by atoms with E-state index in [0.29, 0.717) is 11.4 Å². The Balaban J connectivity index is 2.04. The van der Waals surface area contributed by atoms with Crippen molar-refractivity contribution in [3.05, 3.63) is 24.3 Å². The maximum absolute atomic E-state index is 12.1. The summed E-state index contributed by atoms with van der Waals surface area (Å²) in [6.45, 7) is 3.29. The Morgan fingerprint density at radius 1 is 1.43 bits per heavy atom. The normalized spacial score (nSPS) is 18.2. The lowest BCUT2D eigenvalue weighted by atomic mass is 9.99. The van der Waals surface area contributed by atoms with Crippen molar-refractivity contribution in [2.45, 2.75) is 19.4 Å². The molecule has 7 heteroatoms. The van der Waals surface area contributed by atoms with Crippen LogP contribution in [-0.2, 0) is 14.4 Å². The number of hydrogen-bond acceptors (Lipinski definition) is 5. The van der Waals surface area contributed by atoms with Gasteiger partial charge in [-0.05, 0) is 32.0 Å². The Kier molecular flexibility index (Phi) is 3.95. The van der Waals surface area contributed by atoms with Crippen LogP contribution in [0.5, 0.6) is 0 Å². The average Bonchev–Trinajstić information content (AvgIpc) is 2.36. The highest BCUT2D eigenvalue weighted by Crippen LogP contribution is 2.18. The number of nitrogens with two attached hydrogens (primary N) is 1. The molecule has 4 N–H and O–H groups in total. The molecule has 0 aliphatic carbocycles. The summed E-state index contributed by atoms with van der Waals surface area (Å²) in [5.41, 5.74) is 5.84. The number of nitrogens with one attached hydrogen (secondary N) is 2. The molecule has 0 aromatic heterocycles. The van der Waals surface area contributed by atoms with Crippen molar-refractivity contribution in [1.82, 2.24) is 10.2 Å². The predicted octanol–water partition coefficient (Wildman–Crippen LogP) is -0.0557. The van der Waals surface area contributed by atoms with E-state index in [1.165, 1.54) is 4.90 Å². The Bertz CT molecular complexity index is 598. The SMILES string of the molecule is CC1(C)C(=O)NC(=O)CN1CC(=O)Nc1cccc(N)c1. The van der Waals surface area contributed by atoms with Crippen LogP contribution < -0.4 is 16.4 Å². The lowest BCUT2D eigenvalue weighted by molar-refractivity contribution is -0.145. The Morgan fingerprint density at radius 2 is 2.14 bits per heavy atom. The quantitative estimate of drug-likeness (QED) is 0.534. The minimum absolute atomic E-state index is 0.00306. The van der Waals surface area contributed by atoms with Crippen molar-refractivity contribution in [2.24, 2.45) is 0 Å². The third-order valence-electron chi connectivity index (χ3n) is 3.44. The first-order valence-electron chi connectivity index (χ1n) is 6.54. The molecule has 3 amide bonds. The van der Waals surface area contributed by atoms with Crippen molar-refractivity contribution >= 4 is 29.1 Å². The van der Waals surface area contributed by atoms with Gasteiger partial charge in [-0.2, -0.15) is 0 Å². The zero-order valence-corrected chi connectivity index (χ0v) is 12.0. The Hall–Kier alpha value is -2.41. The zero-order chi connectivity index (χ0) is 15.6. The molecule has 2 rings (SSSR count).